The number of rotatable bonds is 0. The first-order valence-corrected chi connectivity index (χ1v) is 5.51. The van der Waals surface area contributed by atoms with Crippen LogP contribution in [0.3, 0.4) is 0 Å². The van der Waals surface area contributed by atoms with Gasteiger partial charge in [0.25, 0.3) is 0 Å². The molecular formula is C9H8Br2O. The highest BCUT2D eigenvalue weighted by molar-refractivity contribution is 9.26. The molecule has 0 heterocycles. The van der Waals surface area contributed by atoms with Gasteiger partial charge < -0.3 is 0 Å². The largest absolute Gasteiger partial charge is 0.292 e. The van der Waals surface area contributed by atoms with E-state index in [0.29, 0.717) is 0 Å². The minimum absolute atomic E-state index is 0.178. The number of ketones is 1. The van der Waals surface area contributed by atoms with Crippen LogP contribution in [0.15, 0.2) is 23.3 Å². The lowest BCUT2D eigenvalue weighted by Gasteiger charge is -2.25. The molecule has 0 N–H and O–H groups in total. The minimum Gasteiger partial charge on any atom is -0.292 e. The third kappa shape index (κ3) is 1.23. The summed E-state index contributed by atoms with van der Waals surface area (Å²) in [7, 11) is 0. The Balaban J connectivity index is 2.40. The van der Waals surface area contributed by atoms with Crippen molar-refractivity contribution in [3.8, 4) is 0 Å². The zero-order valence-corrected chi connectivity index (χ0v) is 9.61. The second kappa shape index (κ2) is 2.81. The van der Waals surface area contributed by atoms with Crippen LogP contribution >= 0.6 is 31.9 Å². The van der Waals surface area contributed by atoms with E-state index in [1.54, 1.807) is 0 Å². The molecule has 0 aromatic carbocycles. The van der Waals surface area contributed by atoms with E-state index in [1.165, 1.54) is 5.57 Å². The van der Waals surface area contributed by atoms with Crippen molar-refractivity contribution in [3.05, 3.63) is 23.3 Å². The van der Waals surface area contributed by atoms with Gasteiger partial charge >= 0.3 is 0 Å². The molecular weight excluding hydrogens is 284 g/mol. The van der Waals surface area contributed by atoms with Crippen molar-refractivity contribution in [2.75, 3.05) is 0 Å². The summed E-state index contributed by atoms with van der Waals surface area (Å²) in [5.74, 6) is 0.178. The highest BCUT2D eigenvalue weighted by Gasteiger charge is 2.39. The van der Waals surface area contributed by atoms with E-state index in [4.69, 9.17) is 0 Å². The van der Waals surface area contributed by atoms with Gasteiger partial charge in [-0.25, -0.2) is 0 Å². The predicted molar refractivity (Wildman–Crippen MR) is 55.6 cm³/mol. The lowest BCUT2D eigenvalue weighted by molar-refractivity contribution is -0.115. The zero-order valence-electron chi connectivity index (χ0n) is 6.44. The van der Waals surface area contributed by atoms with Gasteiger partial charge in [-0.2, -0.15) is 0 Å². The maximum absolute atomic E-state index is 11.7. The molecule has 0 aromatic heterocycles. The van der Waals surface area contributed by atoms with Crippen LogP contribution in [0.1, 0.15) is 19.3 Å². The molecule has 2 rings (SSSR count). The monoisotopic (exact) mass is 290 g/mol. The van der Waals surface area contributed by atoms with Crippen LogP contribution in [0.25, 0.3) is 0 Å². The summed E-state index contributed by atoms with van der Waals surface area (Å²) in [6.45, 7) is 0. The third-order valence-electron chi connectivity index (χ3n) is 2.35. The quantitative estimate of drug-likeness (QED) is 0.627. The van der Waals surface area contributed by atoms with Crippen LogP contribution in [0, 0.1) is 0 Å². The summed E-state index contributed by atoms with van der Waals surface area (Å²) in [6.07, 6.45) is 6.84. The molecule has 0 fully saturated rings. The highest BCUT2D eigenvalue weighted by atomic mass is 79.9. The van der Waals surface area contributed by atoms with E-state index in [-0.39, 0.29) is 5.78 Å². The van der Waals surface area contributed by atoms with Crippen LogP contribution in [-0.4, -0.2) is 9.02 Å². The summed E-state index contributed by atoms with van der Waals surface area (Å²) in [6, 6.07) is 0. The fourth-order valence-corrected chi connectivity index (χ4v) is 2.46. The molecule has 0 unspecified atom stereocenters. The van der Waals surface area contributed by atoms with Crippen LogP contribution in [0.5, 0.6) is 0 Å². The molecule has 0 bridgehead atoms. The first kappa shape index (κ1) is 8.70. The number of hydrogen-bond acceptors (Lipinski definition) is 1. The molecule has 1 nitrogen and oxygen atoms in total. The first-order chi connectivity index (χ1) is 5.61. The van der Waals surface area contributed by atoms with Gasteiger partial charge in [0, 0.05) is 5.57 Å². The Kier molecular flexibility index (Phi) is 2.04. The number of allylic oxidation sites excluding steroid dienone is 4. The van der Waals surface area contributed by atoms with Crippen LogP contribution < -0.4 is 0 Å². The first-order valence-electron chi connectivity index (χ1n) is 3.92. The predicted octanol–water partition coefficient (Wildman–Crippen LogP) is 3.09. The van der Waals surface area contributed by atoms with Gasteiger partial charge in [-0.3, -0.25) is 4.79 Å². The lowest BCUT2D eigenvalue weighted by Crippen LogP contribution is -2.29. The van der Waals surface area contributed by atoms with E-state index >= 15 is 0 Å². The van der Waals surface area contributed by atoms with Crippen molar-refractivity contribution in [3.63, 3.8) is 0 Å². The smallest absolute Gasteiger partial charge is 0.190 e. The van der Waals surface area contributed by atoms with Crippen molar-refractivity contribution in [2.45, 2.75) is 22.5 Å². The Morgan fingerprint density at radius 3 is 2.92 bits per heavy atom. The number of Topliss-reactive ketones (excluding diaryl/α,β-unsaturated/α-hetero) is 1. The Bertz CT molecular complexity index is 300. The molecule has 0 amide bonds. The standard InChI is InChI=1S/C9H8Br2O/c10-9(11)5-4-6-2-1-3-7(6)8(9)12/h1,3H,2,4-5H2. The molecule has 2 aliphatic rings. The van der Waals surface area contributed by atoms with Crippen molar-refractivity contribution in [1.29, 1.82) is 0 Å². The Morgan fingerprint density at radius 2 is 2.17 bits per heavy atom. The van der Waals surface area contributed by atoms with Crippen molar-refractivity contribution < 1.29 is 4.79 Å². The Hall–Kier alpha value is 0.110. The molecule has 0 radical (unpaired) electrons. The van der Waals surface area contributed by atoms with Gasteiger partial charge in [-0.1, -0.05) is 49.6 Å². The van der Waals surface area contributed by atoms with Crippen molar-refractivity contribution in [2.24, 2.45) is 0 Å². The van der Waals surface area contributed by atoms with Crippen LogP contribution in [0.2, 0.25) is 0 Å². The molecule has 3 heteroatoms. The fraction of sp³-hybridized carbons (Fsp3) is 0.444. The second-order valence-corrected chi connectivity index (χ2v) is 6.93. The lowest BCUT2D eigenvalue weighted by atomic mass is 9.92. The summed E-state index contributed by atoms with van der Waals surface area (Å²) in [5.41, 5.74) is 2.21. The summed E-state index contributed by atoms with van der Waals surface area (Å²) < 4.78 is -0.493. The molecule has 2 aliphatic carbocycles. The van der Waals surface area contributed by atoms with Gasteiger partial charge in [-0.15, -0.1) is 0 Å². The molecule has 64 valence electrons. The average molecular weight is 292 g/mol. The maximum atomic E-state index is 11.7. The Morgan fingerprint density at radius 1 is 1.42 bits per heavy atom. The van der Waals surface area contributed by atoms with Gasteiger partial charge in [0.2, 0.25) is 0 Å². The van der Waals surface area contributed by atoms with E-state index < -0.39 is 3.23 Å². The molecule has 0 aliphatic heterocycles. The van der Waals surface area contributed by atoms with Crippen molar-refractivity contribution in [1.82, 2.24) is 0 Å². The van der Waals surface area contributed by atoms with Crippen molar-refractivity contribution >= 4 is 37.6 Å². The number of halogens is 2. The summed E-state index contributed by atoms with van der Waals surface area (Å²) >= 11 is 6.79. The van der Waals surface area contributed by atoms with Gasteiger partial charge in [0.1, 0.15) is 3.23 Å². The molecule has 0 saturated heterocycles. The number of carbonyl (C=O) groups excluding carboxylic acids is 1. The molecule has 0 aromatic rings. The molecule has 0 atom stereocenters. The Labute approximate surface area is 88.2 Å². The fourth-order valence-electron chi connectivity index (χ4n) is 1.64. The normalized spacial score (nSPS) is 26.3. The van der Waals surface area contributed by atoms with E-state index in [1.807, 2.05) is 6.08 Å². The highest BCUT2D eigenvalue weighted by Crippen LogP contribution is 2.43. The topological polar surface area (TPSA) is 17.1 Å². The molecule has 0 saturated carbocycles. The molecule has 0 spiro atoms. The maximum Gasteiger partial charge on any atom is 0.190 e. The number of alkyl halides is 2. The van der Waals surface area contributed by atoms with Gasteiger partial charge in [0.05, 0.1) is 0 Å². The van der Waals surface area contributed by atoms with E-state index in [2.05, 4.69) is 37.9 Å². The van der Waals surface area contributed by atoms with Gasteiger partial charge in [-0.05, 0) is 19.3 Å². The number of hydrogen-bond donors (Lipinski definition) is 0. The molecule has 12 heavy (non-hydrogen) atoms. The second-order valence-electron chi connectivity index (χ2n) is 3.16. The number of carbonyl (C=O) groups is 1. The van der Waals surface area contributed by atoms with Crippen LogP contribution in [-0.2, 0) is 4.79 Å². The van der Waals surface area contributed by atoms with Gasteiger partial charge in [0.15, 0.2) is 5.78 Å². The zero-order chi connectivity index (χ0) is 8.77. The average Bonchev–Trinajstić information content (AvgIpc) is 2.45. The minimum atomic E-state index is -0.493. The van der Waals surface area contributed by atoms with E-state index in [9.17, 15) is 4.79 Å². The summed E-state index contributed by atoms with van der Waals surface area (Å²) in [4.78, 5) is 11.7. The summed E-state index contributed by atoms with van der Waals surface area (Å²) in [5, 5.41) is 0. The van der Waals surface area contributed by atoms with E-state index in [0.717, 1.165) is 24.8 Å². The third-order valence-corrected chi connectivity index (χ3v) is 3.86. The van der Waals surface area contributed by atoms with Crippen LogP contribution in [0.4, 0.5) is 0 Å². The SMILES string of the molecule is O=C1C2=C(CC=C2)CCC1(Br)Br.